The van der Waals surface area contributed by atoms with Crippen LogP contribution in [0.5, 0.6) is 0 Å². The van der Waals surface area contributed by atoms with Crippen molar-refractivity contribution >= 4 is 23.0 Å². The van der Waals surface area contributed by atoms with Crippen LogP contribution in [0.1, 0.15) is 27.6 Å². The molecule has 0 aliphatic heterocycles. The van der Waals surface area contributed by atoms with Gasteiger partial charge < -0.3 is 18.9 Å². The van der Waals surface area contributed by atoms with Gasteiger partial charge in [-0.2, -0.15) is 0 Å². The minimum absolute atomic E-state index is 0.223. The molecule has 0 aliphatic carbocycles. The lowest BCUT2D eigenvalue weighted by molar-refractivity contribution is -0.137. The Kier molecular flexibility index (Phi) is 4.03. The second-order valence-corrected chi connectivity index (χ2v) is 5.89. The van der Waals surface area contributed by atoms with E-state index in [1.807, 2.05) is 13.0 Å². The number of rotatable bonds is 4. The number of carbonyl (C=O) groups excluding carboxylic acids is 1. The van der Waals surface area contributed by atoms with Gasteiger partial charge in [0.2, 0.25) is 0 Å². The zero-order valence-electron chi connectivity index (χ0n) is 14.3. The number of aliphatic carboxylic acids is 1. The topological polar surface area (TPSA) is 110 Å². The van der Waals surface area contributed by atoms with Crippen LogP contribution in [-0.2, 0) is 4.79 Å². The van der Waals surface area contributed by atoms with Crippen LogP contribution in [0.15, 0.2) is 21.1 Å². The van der Waals surface area contributed by atoms with E-state index in [1.54, 1.807) is 19.9 Å². The van der Waals surface area contributed by atoms with E-state index in [9.17, 15) is 9.59 Å². The van der Waals surface area contributed by atoms with Crippen molar-refractivity contribution < 1.29 is 23.6 Å². The molecule has 0 saturated heterocycles. The number of nitrogens with zero attached hydrogens (tertiary/aromatic N) is 3. The zero-order valence-corrected chi connectivity index (χ0v) is 14.3. The van der Waals surface area contributed by atoms with E-state index in [0.29, 0.717) is 28.1 Å². The minimum atomic E-state index is -1.09. The highest BCUT2D eigenvalue weighted by molar-refractivity contribution is 6.07. The van der Waals surface area contributed by atoms with Crippen molar-refractivity contribution in [3.63, 3.8) is 0 Å². The molecule has 1 N–H and O–H groups in total. The van der Waals surface area contributed by atoms with Crippen LogP contribution < -0.4 is 0 Å². The van der Waals surface area contributed by atoms with E-state index in [2.05, 4.69) is 10.1 Å². The highest BCUT2D eigenvalue weighted by Crippen LogP contribution is 2.30. The van der Waals surface area contributed by atoms with Gasteiger partial charge in [0.1, 0.15) is 18.1 Å². The van der Waals surface area contributed by atoms with Crippen molar-refractivity contribution in [2.24, 2.45) is 0 Å². The maximum Gasteiger partial charge on any atom is 0.323 e. The van der Waals surface area contributed by atoms with Gasteiger partial charge >= 0.3 is 5.97 Å². The predicted molar refractivity (Wildman–Crippen MR) is 88.3 cm³/mol. The van der Waals surface area contributed by atoms with Crippen molar-refractivity contribution in [2.75, 3.05) is 13.6 Å². The van der Waals surface area contributed by atoms with Gasteiger partial charge in [-0.1, -0.05) is 5.16 Å². The van der Waals surface area contributed by atoms with E-state index in [0.717, 1.165) is 16.2 Å². The Morgan fingerprint density at radius 3 is 2.56 bits per heavy atom. The molecule has 3 aromatic rings. The third-order valence-corrected chi connectivity index (χ3v) is 3.88. The molecule has 0 radical (unpaired) electrons. The van der Waals surface area contributed by atoms with Gasteiger partial charge in [-0.05, 0) is 32.9 Å². The van der Waals surface area contributed by atoms with Crippen LogP contribution in [0.4, 0.5) is 0 Å². The molecule has 0 aliphatic rings. The van der Waals surface area contributed by atoms with Gasteiger partial charge in [0, 0.05) is 12.6 Å². The normalized spacial score (nSPS) is 11.0. The summed E-state index contributed by atoms with van der Waals surface area (Å²) in [5.41, 5.74) is 2.27. The van der Waals surface area contributed by atoms with Crippen molar-refractivity contribution in [2.45, 2.75) is 20.8 Å². The molecular formula is C17H17N3O5. The summed E-state index contributed by atoms with van der Waals surface area (Å²) >= 11 is 0. The van der Waals surface area contributed by atoms with Crippen LogP contribution in [0, 0.1) is 20.8 Å². The molecular weight excluding hydrogens is 326 g/mol. The van der Waals surface area contributed by atoms with E-state index < -0.39 is 18.4 Å². The molecule has 130 valence electrons. The number of pyridine rings is 1. The quantitative estimate of drug-likeness (QED) is 0.775. The Balaban J connectivity index is 2.19. The molecule has 1 amide bonds. The first-order valence-corrected chi connectivity index (χ1v) is 7.59. The number of fused-ring (bicyclic) bond motifs is 1. The molecule has 0 bridgehead atoms. The average Bonchev–Trinajstić information content (AvgIpc) is 3.07. The molecule has 0 spiro atoms. The summed E-state index contributed by atoms with van der Waals surface area (Å²) in [5.74, 6) is -0.151. The number of carbonyl (C=O) groups is 2. The summed E-state index contributed by atoms with van der Waals surface area (Å²) < 4.78 is 10.8. The molecule has 8 heteroatoms. The number of aryl methyl sites for hydroxylation is 3. The molecule has 0 unspecified atom stereocenters. The molecule has 25 heavy (non-hydrogen) atoms. The molecule has 0 saturated carbocycles. The largest absolute Gasteiger partial charge is 0.480 e. The lowest BCUT2D eigenvalue weighted by Gasteiger charge is -2.15. The fourth-order valence-electron chi connectivity index (χ4n) is 2.77. The Hall–Kier alpha value is -3.16. The summed E-state index contributed by atoms with van der Waals surface area (Å²) in [6.07, 6.45) is 0. The summed E-state index contributed by atoms with van der Waals surface area (Å²) in [4.78, 5) is 29.2. The van der Waals surface area contributed by atoms with Crippen molar-refractivity contribution in [3.8, 4) is 11.3 Å². The maximum absolute atomic E-state index is 12.8. The van der Waals surface area contributed by atoms with Crippen molar-refractivity contribution in [1.82, 2.24) is 15.0 Å². The minimum Gasteiger partial charge on any atom is -0.480 e. The van der Waals surface area contributed by atoms with Crippen LogP contribution in [-0.4, -0.2) is 45.6 Å². The second kappa shape index (κ2) is 6.04. The van der Waals surface area contributed by atoms with E-state index in [-0.39, 0.29) is 5.71 Å². The molecule has 3 heterocycles. The number of hydrogen-bond acceptors (Lipinski definition) is 6. The number of aromatic nitrogens is 2. The van der Waals surface area contributed by atoms with Gasteiger partial charge in [0.15, 0.2) is 0 Å². The third kappa shape index (κ3) is 2.98. The smallest absolute Gasteiger partial charge is 0.323 e. The Morgan fingerprint density at radius 1 is 1.24 bits per heavy atom. The summed E-state index contributed by atoms with van der Waals surface area (Å²) in [6.45, 7) is 4.92. The van der Waals surface area contributed by atoms with E-state index >= 15 is 0 Å². The van der Waals surface area contributed by atoms with Gasteiger partial charge in [0.25, 0.3) is 11.6 Å². The first-order chi connectivity index (χ1) is 11.8. The maximum atomic E-state index is 12.8. The number of amides is 1. The number of likely N-dealkylation sites (N-methyl/N-ethyl adjacent to an activating group) is 1. The molecule has 3 aromatic heterocycles. The highest BCUT2D eigenvalue weighted by Gasteiger charge is 2.23. The van der Waals surface area contributed by atoms with Crippen LogP contribution in [0.25, 0.3) is 22.4 Å². The first-order valence-electron chi connectivity index (χ1n) is 7.59. The molecule has 3 rings (SSSR count). The first kappa shape index (κ1) is 16.7. The number of hydrogen-bond donors (Lipinski definition) is 1. The van der Waals surface area contributed by atoms with Crippen LogP contribution in [0.2, 0.25) is 0 Å². The van der Waals surface area contributed by atoms with E-state index in [1.165, 1.54) is 7.05 Å². The van der Waals surface area contributed by atoms with Crippen molar-refractivity contribution in [1.29, 1.82) is 0 Å². The van der Waals surface area contributed by atoms with Crippen LogP contribution >= 0.6 is 0 Å². The summed E-state index contributed by atoms with van der Waals surface area (Å²) in [5, 5.41) is 13.3. The Morgan fingerprint density at radius 2 is 1.96 bits per heavy atom. The number of carboxylic acid groups (broad SMARTS) is 1. The molecule has 0 fully saturated rings. The lowest BCUT2D eigenvalue weighted by Crippen LogP contribution is -2.32. The van der Waals surface area contributed by atoms with Gasteiger partial charge in [0.05, 0.1) is 22.3 Å². The molecule has 0 atom stereocenters. The van der Waals surface area contributed by atoms with Gasteiger partial charge in [-0.25, -0.2) is 4.98 Å². The number of carboxylic acids is 1. The molecule has 8 nitrogen and oxygen atoms in total. The van der Waals surface area contributed by atoms with Crippen molar-refractivity contribution in [3.05, 3.63) is 34.9 Å². The summed E-state index contributed by atoms with van der Waals surface area (Å²) in [6, 6.07) is 3.44. The number of furan rings is 1. The fourth-order valence-corrected chi connectivity index (χ4v) is 2.77. The summed E-state index contributed by atoms with van der Waals surface area (Å²) in [7, 11) is 1.43. The van der Waals surface area contributed by atoms with Gasteiger partial charge in [-0.3, -0.25) is 9.59 Å². The zero-order chi connectivity index (χ0) is 18.3. The Bertz CT molecular complexity index is 986. The fraction of sp³-hybridized carbons (Fsp3) is 0.294. The standard InChI is InChI=1S/C17H17N3O5/c1-8-5-11(10(3)24-8)13-6-12(17(23)20(4)7-14(21)22)15-9(2)19-25-16(15)18-13/h5-6H,7H2,1-4H3,(H,21,22). The lowest BCUT2D eigenvalue weighted by atomic mass is 10.0. The average molecular weight is 343 g/mol. The third-order valence-electron chi connectivity index (χ3n) is 3.88. The molecule has 0 aromatic carbocycles. The Labute approximate surface area is 143 Å². The SMILES string of the molecule is Cc1cc(-c2cc(C(=O)N(C)CC(=O)O)c3c(C)noc3n2)c(C)o1. The highest BCUT2D eigenvalue weighted by atomic mass is 16.5. The van der Waals surface area contributed by atoms with E-state index in [4.69, 9.17) is 14.0 Å². The predicted octanol–water partition coefficient (Wildman–Crippen LogP) is 2.56. The second-order valence-electron chi connectivity index (χ2n) is 5.89. The van der Waals surface area contributed by atoms with Crippen LogP contribution in [0.3, 0.4) is 0 Å². The monoisotopic (exact) mass is 343 g/mol. The van der Waals surface area contributed by atoms with Gasteiger partial charge in [-0.15, -0.1) is 0 Å².